The summed E-state index contributed by atoms with van der Waals surface area (Å²) in [5.74, 6) is 1.97. The van der Waals surface area contributed by atoms with Gasteiger partial charge in [-0.1, -0.05) is 0 Å². The van der Waals surface area contributed by atoms with E-state index in [1.54, 1.807) is 12.4 Å². The number of ether oxygens (including phenoxy) is 2. The number of morpholine rings is 2. The zero-order valence-corrected chi connectivity index (χ0v) is 14.9. The molecule has 0 amide bonds. The summed E-state index contributed by atoms with van der Waals surface area (Å²) >= 11 is 0. The predicted octanol–water partition coefficient (Wildman–Crippen LogP) is 0.471. The molecule has 27 heavy (non-hydrogen) atoms. The Labute approximate surface area is 156 Å². The maximum absolute atomic E-state index is 5.76. The lowest BCUT2D eigenvalue weighted by molar-refractivity contribution is 0.0982. The normalized spacial score (nSPS) is 31.3. The molecule has 0 radical (unpaired) electrons. The number of rotatable bonds is 3. The van der Waals surface area contributed by atoms with Gasteiger partial charge in [0.05, 0.1) is 43.2 Å². The first-order chi connectivity index (χ1) is 13.2. The minimum absolute atomic E-state index is 0.260. The van der Waals surface area contributed by atoms with Crippen molar-refractivity contribution in [2.45, 2.75) is 37.1 Å². The lowest BCUT2D eigenvalue weighted by atomic mass is 10.2. The van der Waals surface area contributed by atoms with Gasteiger partial charge < -0.3 is 25.0 Å². The van der Waals surface area contributed by atoms with Crippen molar-refractivity contribution in [3.8, 4) is 11.3 Å². The van der Waals surface area contributed by atoms with Crippen LogP contribution < -0.4 is 15.5 Å². The molecule has 4 bridgehead atoms. The SMILES string of the molecule is Nc1ncc(-c2cc(N3C[C@@H]4C[C@H]3CO4)nc(N3C[C@@H]4C[C@H]3CO4)n2)cn1. The van der Waals surface area contributed by atoms with Crippen LogP contribution in [-0.2, 0) is 9.47 Å². The minimum atomic E-state index is 0.260. The fourth-order valence-electron chi connectivity index (χ4n) is 4.64. The van der Waals surface area contributed by atoms with Crippen LogP contribution in [0, 0.1) is 0 Å². The minimum Gasteiger partial charge on any atom is -0.374 e. The Hall–Kier alpha value is -2.52. The Morgan fingerprint density at radius 3 is 2.19 bits per heavy atom. The number of nitrogens with zero attached hydrogens (tertiary/aromatic N) is 6. The predicted molar refractivity (Wildman–Crippen MR) is 98.5 cm³/mol. The number of anilines is 3. The largest absolute Gasteiger partial charge is 0.374 e. The molecule has 140 valence electrons. The van der Waals surface area contributed by atoms with Gasteiger partial charge in [-0.05, 0) is 12.8 Å². The summed E-state index contributed by atoms with van der Waals surface area (Å²) in [5.41, 5.74) is 7.31. The molecule has 0 aliphatic carbocycles. The maximum atomic E-state index is 5.76. The van der Waals surface area contributed by atoms with Gasteiger partial charge in [-0.2, -0.15) is 4.98 Å². The van der Waals surface area contributed by atoms with E-state index < -0.39 is 0 Å². The fourth-order valence-corrected chi connectivity index (χ4v) is 4.64. The molecule has 2 N–H and O–H groups in total. The fraction of sp³-hybridized carbons (Fsp3) is 0.556. The Morgan fingerprint density at radius 1 is 0.926 bits per heavy atom. The van der Waals surface area contributed by atoms with Gasteiger partial charge in [-0.3, -0.25) is 0 Å². The van der Waals surface area contributed by atoms with Crippen molar-refractivity contribution in [1.29, 1.82) is 0 Å². The van der Waals surface area contributed by atoms with E-state index in [9.17, 15) is 0 Å². The van der Waals surface area contributed by atoms with E-state index in [-0.39, 0.29) is 5.95 Å². The smallest absolute Gasteiger partial charge is 0.228 e. The molecular weight excluding hydrogens is 346 g/mol. The van der Waals surface area contributed by atoms with Crippen LogP contribution in [0.25, 0.3) is 11.3 Å². The average Bonchev–Trinajstić information content (AvgIpc) is 3.49. The summed E-state index contributed by atoms with van der Waals surface area (Å²) in [6.07, 6.45) is 6.17. The van der Waals surface area contributed by atoms with Crippen LogP contribution in [-0.4, -0.2) is 70.5 Å². The Morgan fingerprint density at radius 2 is 1.59 bits per heavy atom. The van der Waals surface area contributed by atoms with Gasteiger partial charge in [0.1, 0.15) is 5.82 Å². The molecule has 2 aromatic heterocycles. The zero-order valence-electron chi connectivity index (χ0n) is 14.9. The third-order valence-corrected chi connectivity index (χ3v) is 6.02. The van der Waals surface area contributed by atoms with E-state index in [0.717, 1.165) is 62.2 Å². The van der Waals surface area contributed by atoms with Crippen molar-refractivity contribution >= 4 is 17.7 Å². The van der Waals surface area contributed by atoms with Crippen LogP contribution in [0.5, 0.6) is 0 Å². The number of hydrogen-bond acceptors (Lipinski definition) is 9. The topological polar surface area (TPSA) is 103 Å². The first-order valence-corrected chi connectivity index (χ1v) is 9.46. The molecule has 2 aromatic rings. The zero-order chi connectivity index (χ0) is 18.0. The summed E-state index contributed by atoms with van der Waals surface area (Å²) < 4.78 is 11.5. The second-order valence-electron chi connectivity index (χ2n) is 7.74. The first kappa shape index (κ1) is 15.5. The van der Waals surface area contributed by atoms with Crippen molar-refractivity contribution in [2.24, 2.45) is 0 Å². The molecule has 0 saturated carbocycles. The molecule has 0 unspecified atom stereocenters. The van der Waals surface area contributed by atoms with Gasteiger partial charge in [-0.15, -0.1) is 0 Å². The second kappa shape index (κ2) is 5.74. The third kappa shape index (κ3) is 2.53. The Balaban J connectivity index is 1.42. The molecule has 6 rings (SSSR count). The summed E-state index contributed by atoms with van der Waals surface area (Å²) in [5, 5.41) is 0. The number of aromatic nitrogens is 4. The molecule has 0 spiro atoms. The van der Waals surface area contributed by atoms with E-state index in [1.165, 1.54) is 0 Å². The van der Waals surface area contributed by atoms with Crippen LogP contribution in [0.4, 0.5) is 17.7 Å². The standard InChI is InChI=1S/C18H21N7O2/c19-17-20-4-10(5-21-17)15-3-16(24-6-13-1-11(24)8-26-13)23-18(22-15)25-7-14-2-12(25)9-27-14/h3-5,11-14H,1-2,6-9H2,(H2,19,20,21)/t11-,12-,13-,14-/m0/s1. The van der Waals surface area contributed by atoms with Gasteiger partial charge in [0.25, 0.3) is 0 Å². The highest BCUT2D eigenvalue weighted by atomic mass is 16.5. The lowest BCUT2D eigenvalue weighted by Gasteiger charge is -2.31. The van der Waals surface area contributed by atoms with Crippen molar-refractivity contribution in [3.63, 3.8) is 0 Å². The first-order valence-electron chi connectivity index (χ1n) is 9.46. The lowest BCUT2D eigenvalue weighted by Crippen LogP contribution is -2.40. The summed E-state index contributed by atoms with van der Waals surface area (Å²) in [7, 11) is 0. The van der Waals surface area contributed by atoms with Crippen LogP contribution in [0.3, 0.4) is 0 Å². The van der Waals surface area contributed by atoms with E-state index in [0.29, 0.717) is 24.3 Å². The van der Waals surface area contributed by atoms with Crippen molar-refractivity contribution in [1.82, 2.24) is 19.9 Å². The van der Waals surface area contributed by atoms with E-state index >= 15 is 0 Å². The summed E-state index contributed by atoms with van der Waals surface area (Å²) in [6, 6.07) is 2.79. The Bertz CT molecular complexity index is 830. The molecule has 0 aromatic carbocycles. The molecule has 6 heterocycles. The highest BCUT2D eigenvalue weighted by molar-refractivity contribution is 5.65. The van der Waals surface area contributed by atoms with Crippen LogP contribution in [0.15, 0.2) is 18.5 Å². The average molecular weight is 367 g/mol. The van der Waals surface area contributed by atoms with E-state index in [4.69, 9.17) is 25.2 Å². The quantitative estimate of drug-likeness (QED) is 0.829. The number of nitrogens with two attached hydrogens (primary N) is 1. The molecule has 4 aliphatic heterocycles. The van der Waals surface area contributed by atoms with Crippen molar-refractivity contribution < 1.29 is 9.47 Å². The molecule has 9 nitrogen and oxygen atoms in total. The Kier molecular flexibility index (Phi) is 3.30. The van der Waals surface area contributed by atoms with Gasteiger partial charge in [0, 0.05) is 37.1 Å². The monoisotopic (exact) mass is 367 g/mol. The third-order valence-electron chi connectivity index (χ3n) is 6.02. The summed E-state index contributed by atoms with van der Waals surface area (Å²) in [4.78, 5) is 22.7. The van der Waals surface area contributed by atoms with Gasteiger partial charge in [0.15, 0.2) is 0 Å². The number of fused-ring (bicyclic) bond motifs is 4. The maximum Gasteiger partial charge on any atom is 0.228 e. The van der Waals surface area contributed by atoms with Gasteiger partial charge >= 0.3 is 0 Å². The molecule has 9 heteroatoms. The summed E-state index contributed by atoms with van der Waals surface area (Å²) in [6.45, 7) is 3.25. The highest BCUT2D eigenvalue weighted by Gasteiger charge is 2.42. The molecule has 4 fully saturated rings. The molecule has 4 atom stereocenters. The second-order valence-corrected chi connectivity index (χ2v) is 7.74. The van der Waals surface area contributed by atoms with Gasteiger partial charge in [-0.25, -0.2) is 15.0 Å². The molecule has 4 aliphatic rings. The van der Waals surface area contributed by atoms with Crippen molar-refractivity contribution in [2.75, 3.05) is 41.8 Å². The highest BCUT2D eigenvalue weighted by Crippen LogP contribution is 2.36. The van der Waals surface area contributed by atoms with Crippen LogP contribution >= 0.6 is 0 Å². The molecular formula is C18H21N7O2. The van der Waals surface area contributed by atoms with Crippen LogP contribution in [0.1, 0.15) is 12.8 Å². The van der Waals surface area contributed by atoms with Crippen molar-refractivity contribution in [3.05, 3.63) is 18.5 Å². The number of nitrogen functional groups attached to an aromatic ring is 1. The van der Waals surface area contributed by atoms with E-state index in [2.05, 4.69) is 19.8 Å². The number of hydrogen-bond donors (Lipinski definition) is 1. The van der Waals surface area contributed by atoms with Crippen LogP contribution in [0.2, 0.25) is 0 Å². The van der Waals surface area contributed by atoms with Gasteiger partial charge in [0.2, 0.25) is 11.9 Å². The molecule has 4 saturated heterocycles. The van der Waals surface area contributed by atoms with E-state index in [1.807, 2.05) is 6.07 Å².